The van der Waals surface area contributed by atoms with E-state index in [9.17, 15) is 9.18 Å². The molecule has 2 aromatic rings. The lowest BCUT2D eigenvalue weighted by molar-refractivity contribution is -0.133. The minimum absolute atomic E-state index is 0.0423. The first kappa shape index (κ1) is 21.1. The van der Waals surface area contributed by atoms with Crippen molar-refractivity contribution in [3.05, 3.63) is 63.9 Å². The SMILES string of the molecule is COc1c(F)cc(CCNC(=O)C2(N3CCNCC3)Cc3ccccc3C2)cc1Cl. The number of amides is 1. The molecule has 2 aliphatic rings. The third-order valence-electron chi connectivity index (χ3n) is 6.19. The number of hydrogen-bond donors (Lipinski definition) is 2. The lowest BCUT2D eigenvalue weighted by Crippen LogP contribution is -2.64. The van der Waals surface area contributed by atoms with Crippen LogP contribution in [0.2, 0.25) is 5.02 Å². The van der Waals surface area contributed by atoms with E-state index in [4.69, 9.17) is 16.3 Å². The Morgan fingerprint density at radius 1 is 1.23 bits per heavy atom. The van der Waals surface area contributed by atoms with Gasteiger partial charge in [0.15, 0.2) is 11.6 Å². The molecule has 1 aliphatic heterocycles. The van der Waals surface area contributed by atoms with Crippen LogP contribution in [0.15, 0.2) is 36.4 Å². The third kappa shape index (κ3) is 4.04. The van der Waals surface area contributed by atoms with Gasteiger partial charge in [-0.05, 0) is 35.2 Å². The van der Waals surface area contributed by atoms with E-state index in [0.717, 1.165) is 44.6 Å². The summed E-state index contributed by atoms with van der Waals surface area (Å²) in [6.45, 7) is 3.89. The second kappa shape index (κ2) is 8.92. The zero-order valence-corrected chi connectivity index (χ0v) is 17.9. The second-order valence-corrected chi connectivity index (χ2v) is 8.40. The fourth-order valence-corrected chi connectivity index (χ4v) is 4.96. The molecule has 1 fully saturated rings. The van der Waals surface area contributed by atoms with E-state index in [1.165, 1.54) is 24.3 Å². The van der Waals surface area contributed by atoms with Gasteiger partial charge in [0, 0.05) is 45.6 Å². The number of nitrogens with one attached hydrogen (secondary N) is 2. The summed E-state index contributed by atoms with van der Waals surface area (Å²) in [5, 5.41) is 6.72. The Labute approximate surface area is 181 Å². The maximum Gasteiger partial charge on any atom is 0.241 e. The Kier molecular flexibility index (Phi) is 6.27. The maximum absolute atomic E-state index is 14.1. The lowest BCUT2D eigenvalue weighted by Gasteiger charge is -2.42. The predicted molar refractivity (Wildman–Crippen MR) is 116 cm³/mol. The molecule has 0 atom stereocenters. The molecule has 1 heterocycles. The van der Waals surface area contributed by atoms with Gasteiger partial charge in [0.05, 0.1) is 12.1 Å². The minimum Gasteiger partial charge on any atom is -0.492 e. The van der Waals surface area contributed by atoms with Gasteiger partial charge in [0.25, 0.3) is 0 Å². The van der Waals surface area contributed by atoms with Crippen molar-refractivity contribution in [3.8, 4) is 5.75 Å². The van der Waals surface area contributed by atoms with Crippen molar-refractivity contribution >= 4 is 17.5 Å². The van der Waals surface area contributed by atoms with Crippen LogP contribution in [0.25, 0.3) is 0 Å². The summed E-state index contributed by atoms with van der Waals surface area (Å²) in [6, 6.07) is 11.4. The summed E-state index contributed by atoms with van der Waals surface area (Å²) in [5.74, 6) is -0.402. The number of hydrogen-bond acceptors (Lipinski definition) is 4. The molecule has 160 valence electrons. The molecule has 0 radical (unpaired) electrons. The number of rotatable bonds is 6. The predicted octanol–water partition coefficient (Wildman–Crippen LogP) is 2.59. The molecule has 30 heavy (non-hydrogen) atoms. The number of piperazine rings is 1. The third-order valence-corrected chi connectivity index (χ3v) is 6.47. The van der Waals surface area contributed by atoms with Gasteiger partial charge in [0.2, 0.25) is 5.91 Å². The number of halogens is 2. The Bertz CT molecular complexity index is 882. The molecule has 1 saturated heterocycles. The monoisotopic (exact) mass is 431 g/mol. The molecule has 0 unspecified atom stereocenters. The Hall–Kier alpha value is -2.15. The van der Waals surface area contributed by atoms with Crippen molar-refractivity contribution in [2.24, 2.45) is 0 Å². The van der Waals surface area contributed by atoms with Gasteiger partial charge < -0.3 is 15.4 Å². The molecule has 1 aliphatic carbocycles. The molecule has 0 bridgehead atoms. The normalized spacial score (nSPS) is 18.1. The Morgan fingerprint density at radius 2 is 1.90 bits per heavy atom. The summed E-state index contributed by atoms with van der Waals surface area (Å²) in [4.78, 5) is 15.8. The zero-order valence-electron chi connectivity index (χ0n) is 17.1. The zero-order chi connectivity index (χ0) is 21.1. The van der Waals surface area contributed by atoms with Crippen molar-refractivity contribution in [1.82, 2.24) is 15.5 Å². The summed E-state index contributed by atoms with van der Waals surface area (Å²) in [6.07, 6.45) is 1.94. The van der Waals surface area contributed by atoms with Gasteiger partial charge in [-0.1, -0.05) is 35.9 Å². The van der Waals surface area contributed by atoms with E-state index >= 15 is 0 Å². The van der Waals surface area contributed by atoms with E-state index in [1.54, 1.807) is 6.07 Å². The topological polar surface area (TPSA) is 53.6 Å². The van der Waals surface area contributed by atoms with E-state index in [1.807, 2.05) is 12.1 Å². The van der Waals surface area contributed by atoms with Crippen LogP contribution in [0.3, 0.4) is 0 Å². The van der Waals surface area contributed by atoms with Crippen LogP contribution in [0.1, 0.15) is 16.7 Å². The molecule has 2 N–H and O–H groups in total. The van der Waals surface area contributed by atoms with Crippen LogP contribution in [0.5, 0.6) is 5.75 Å². The lowest BCUT2D eigenvalue weighted by atomic mass is 9.91. The second-order valence-electron chi connectivity index (χ2n) is 7.99. The largest absolute Gasteiger partial charge is 0.492 e. The Morgan fingerprint density at radius 3 is 2.50 bits per heavy atom. The van der Waals surface area contributed by atoms with Crippen LogP contribution in [-0.4, -0.2) is 56.2 Å². The number of carbonyl (C=O) groups excluding carboxylic acids is 1. The average molecular weight is 432 g/mol. The van der Waals surface area contributed by atoms with Gasteiger partial charge >= 0.3 is 0 Å². The van der Waals surface area contributed by atoms with Crippen LogP contribution in [0, 0.1) is 5.82 Å². The van der Waals surface area contributed by atoms with E-state index < -0.39 is 11.4 Å². The van der Waals surface area contributed by atoms with Gasteiger partial charge in [-0.15, -0.1) is 0 Å². The Balaban J connectivity index is 1.47. The smallest absolute Gasteiger partial charge is 0.241 e. The van der Waals surface area contributed by atoms with Crippen molar-refractivity contribution < 1.29 is 13.9 Å². The van der Waals surface area contributed by atoms with Crippen molar-refractivity contribution in [1.29, 1.82) is 0 Å². The number of benzene rings is 2. The summed E-state index contributed by atoms with van der Waals surface area (Å²) in [5.41, 5.74) is 2.66. The standard InChI is InChI=1S/C23H27ClFN3O2/c1-30-21-19(24)12-16(13-20(21)25)6-7-27-22(29)23(28-10-8-26-9-11-28)14-17-4-2-3-5-18(17)15-23/h2-5,12-13,26H,6-11,14-15H2,1H3,(H,27,29). The van der Waals surface area contributed by atoms with Crippen LogP contribution in [0.4, 0.5) is 4.39 Å². The summed E-state index contributed by atoms with van der Waals surface area (Å²) < 4.78 is 19.1. The molecular formula is C23H27ClFN3O2. The average Bonchev–Trinajstić information content (AvgIpc) is 3.15. The highest BCUT2D eigenvalue weighted by atomic mass is 35.5. The number of ether oxygens (including phenoxy) is 1. The van der Waals surface area contributed by atoms with Crippen LogP contribution >= 0.6 is 11.6 Å². The van der Waals surface area contributed by atoms with Crippen molar-refractivity contribution in [2.75, 3.05) is 39.8 Å². The molecule has 1 amide bonds. The van der Waals surface area contributed by atoms with E-state index in [0.29, 0.717) is 13.0 Å². The first-order valence-corrected chi connectivity index (χ1v) is 10.7. The molecule has 5 nitrogen and oxygen atoms in total. The van der Waals surface area contributed by atoms with E-state index in [-0.39, 0.29) is 16.7 Å². The highest BCUT2D eigenvalue weighted by molar-refractivity contribution is 6.32. The summed E-state index contributed by atoms with van der Waals surface area (Å²) in [7, 11) is 1.39. The fraction of sp³-hybridized carbons (Fsp3) is 0.435. The van der Waals surface area contributed by atoms with Gasteiger partial charge in [0.1, 0.15) is 5.54 Å². The minimum atomic E-state index is -0.561. The van der Waals surface area contributed by atoms with Gasteiger partial charge in [-0.3, -0.25) is 9.69 Å². The molecule has 2 aromatic carbocycles. The van der Waals surface area contributed by atoms with Crippen LogP contribution in [-0.2, 0) is 24.1 Å². The first-order chi connectivity index (χ1) is 14.5. The quantitative estimate of drug-likeness (QED) is 0.738. The molecule has 0 aromatic heterocycles. The first-order valence-electron chi connectivity index (χ1n) is 10.4. The maximum atomic E-state index is 14.1. The molecule has 0 spiro atoms. The number of nitrogens with zero attached hydrogens (tertiary/aromatic N) is 1. The van der Waals surface area contributed by atoms with Gasteiger partial charge in [-0.2, -0.15) is 0 Å². The summed E-state index contributed by atoms with van der Waals surface area (Å²) >= 11 is 6.09. The van der Waals surface area contributed by atoms with Crippen molar-refractivity contribution in [3.63, 3.8) is 0 Å². The highest BCUT2D eigenvalue weighted by Crippen LogP contribution is 2.35. The van der Waals surface area contributed by atoms with Crippen molar-refractivity contribution in [2.45, 2.75) is 24.8 Å². The fourth-order valence-electron chi connectivity index (χ4n) is 4.65. The highest BCUT2D eigenvalue weighted by Gasteiger charge is 2.48. The van der Waals surface area contributed by atoms with Gasteiger partial charge in [-0.25, -0.2) is 4.39 Å². The molecule has 0 saturated carbocycles. The van der Waals surface area contributed by atoms with Crippen LogP contribution < -0.4 is 15.4 Å². The molecular weight excluding hydrogens is 405 g/mol. The molecule has 4 rings (SSSR count). The van der Waals surface area contributed by atoms with E-state index in [2.05, 4.69) is 27.7 Å². The molecule has 7 heteroatoms. The number of fused-ring (bicyclic) bond motifs is 1. The number of carbonyl (C=O) groups is 1. The number of methoxy groups -OCH3 is 1.